The summed E-state index contributed by atoms with van der Waals surface area (Å²) in [5.41, 5.74) is 3.55. The van der Waals surface area contributed by atoms with Crippen molar-refractivity contribution in [3.8, 4) is 0 Å². The highest BCUT2D eigenvalue weighted by atomic mass is 32.2. The predicted molar refractivity (Wildman–Crippen MR) is 85.0 cm³/mol. The third-order valence-corrected chi connectivity index (χ3v) is 4.43. The summed E-state index contributed by atoms with van der Waals surface area (Å²) in [6, 6.07) is 8.56. The highest BCUT2D eigenvalue weighted by Crippen LogP contribution is 2.27. The second kappa shape index (κ2) is 6.80. The molecule has 2 rings (SSSR count). The molecule has 1 unspecified atom stereocenters. The lowest BCUT2D eigenvalue weighted by Crippen LogP contribution is -2.12. The summed E-state index contributed by atoms with van der Waals surface area (Å²) in [6.07, 6.45) is 2.71. The van der Waals surface area contributed by atoms with E-state index in [2.05, 4.69) is 54.6 Å². The molecular weight excluding hydrogens is 284 g/mol. The maximum atomic E-state index is 10.8. The number of carboxylic acids is 1. The lowest BCUT2D eigenvalue weighted by molar-refractivity contribution is -0.133. The molecule has 4 nitrogen and oxygen atoms in total. The van der Waals surface area contributed by atoms with E-state index < -0.39 is 5.97 Å². The molecule has 1 aromatic carbocycles. The topological polar surface area (TPSA) is 55.1 Å². The fourth-order valence-corrected chi connectivity index (χ4v) is 3.07. The normalized spacial score (nSPS) is 12.3. The van der Waals surface area contributed by atoms with Gasteiger partial charge in [0, 0.05) is 11.9 Å². The van der Waals surface area contributed by atoms with E-state index in [9.17, 15) is 4.79 Å². The Kier molecular flexibility index (Phi) is 5.07. The number of aromatic nitrogens is 2. The zero-order chi connectivity index (χ0) is 15.4. The van der Waals surface area contributed by atoms with E-state index in [1.165, 1.54) is 22.9 Å². The van der Waals surface area contributed by atoms with Gasteiger partial charge in [-0.3, -0.25) is 4.79 Å². The van der Waals surface area contributed by atoms with Crippen LogP contribution in [0.1, 0.15) is 36.7 Å². The van der Waals surface area contributed by atoms with Crippen LogP contribution in [0, 0.1) is 6.92 Å². The minimum Gasteiger partial charge on any atom is -0.481 e. The third-order valence-electron chi connectivity index (χ3n) is 3.47. The van der Waals surface area contributed by atoms with E-state index in [0.717, 1.165) is 17.3 Å². The summed E-state index contributed by atoms with van der Waals surface area (Å²) >= 11 is 1.27. The van der Waals surface area contributed by atoms with Gasteiger partial charge in [-0.05, 0) is 25.8 Å². The molecule has 0 bridgehead atoms. The Morgan fingerprint density at radius 1 is 1.38 bits per heavy atom. The molecule has 21 heavy (non-hydrogen) atoms. The van der Waals surface area contributed by atoms with Crippen molar-refractivity contribution in [2.45, 2.75) is 38.4 Å². The van der Waals surface area contributed by atoms with Crippen molar-refractivity contribution in [3.05, 3.63) is 47.3 Å². The minimum atomic E-state index is -0.824. The molecule has 0 aliphatic heterocycles. The molecule has 0 spiro atoms. The van der Waals surface area contributed by atoms with E-state index in [-0.39, 0.29) is 11.8 Å². The zero-order valence-corrected chi connectivity index (χ0v) is 13.4. The van der Waals surface area contributed by atoms with Gasteiger partial charge in [-0.1, -0.05) is 48.5 Å². The molecule has 1 aromatic heterocycles. The average molecular weight is 304 g/mol. The molecular formula is C16H20N2O2S. The number of benzene rings is 1. The van der Waals surface area contributed by atoms with Crippen LogP contribution in [-0.4, -0.2) is 26.4 Å². The van der Waals surface area contributed by atoms with Gasteiger partial charge in [-0.25, -0.2) is 4.98 Å². The molecule has 112 valence electrons. The largest absolute Gasteiger partial charge is 0.481 e. The van der Waals surface area contributed by atoms with Crippen LogP contribution in [0.5, 0.6) is 0 Å². The molecule has 0 radical (unpaired) electrons. The van der Waals surface area contributed by atoms with Crippen molar-refractivity contribution in [1.82, 2.24) is 9.55 Å². The number of aliphatic carboxylic acids is 1. The lowest BCUT2D eigenvalue weighted by atomic mass is 10.1. The predicted octanol–water partition coefficient (Wildman–Crippen LogP) is 3.54. The number of carbonyl (C=O) groups is 1. The molecule has 1 heterocycles. The Balaban J connectivity index is 2.33. The lowest BCUT2D eigenvalue weighted by Gasteiger charge is -2.19. The molecule has 0 saturated carbocycles. The van der Waals surface area contributed by atoms with Gasteiger partial charge in [0.25, 0.3) is 0 Å². The summed E-state index contributed by atoms with van der Waals surface area (Å²) < 4.78 is 2.14. The van der Waals surface area contributed by atoms with E-state index in [4.69, 9.17) is 5.11 Å². The van der Waals surface area contributed by atoms with Crippen LogP contribution >= 0.6 is 11.8 Å². The average Bonchev–Trinajstić information content (AvgIpc) is 2.88. The molecule has 0 saturated heterocycles. The van der Waals surface area contributed by atoms with E-state index in [1.54, 1.807) is 0 Å². The summed E-state index contributed by atoms with van der Waals surface area (Å²) in [6.45, 7) is 6.27. The molecule has 1 atom stereocenters. The number of carboxylic acid groups (broad SMARTS) is 1. The first-order valence-corrected chi connectivity index (χ1v) is 7.98. The molecule has 0 aliphatic carbocycles. The Morgan fingerprint density at radius 2 is 2.05 bits per heavy atom. The van der Waals surface area contributed by atoms with Crippen LogP contribution in [0.25, 0.3) is 0 Å². The Bertz CT molecular complexity index is 620. The van der Waals surface area contributed by atoms with Gasteiger partial charge >= 0.3 is 5.97 Å². The maximum absolute atomic E-state index is 10.8. The molecule has 2 aromatic rings. The number of nitrogens with zero attached hydrogens (tertiary/aromatic N) is 2. The standard InChI is InChI=1S/C16H20N2O2S/c1-4-14-9-17-16(21-10-15(19)20)18(14)12(3)13-7-5-11(2)6-8-13/h5-9,12H,4,10H2,1-3H3,(H,19,20). The zero-order valence-electron chi connectivity index (χ0n) is 12.5. The first-order chi connectivity index (χ1) is 10.0. The van der Waals surface area contributed by atoms with Crippen LogP contribution in [0.2, 0.25) is 0 Å². The number of imidazole rings is 1. The van der Waals surface area contributed by atoms with Gasteiger partial charge in [-0.15, -0.1) is 0 Å². The van der Waals surface area contributed by atoms with Gasteiger partial charge in [0.15, 0.2) is 5.16 Å². The third kappa shape index (κ3) is 3.67. The molecule has 0 aliphatic rings. The van der Waals surface area contributed by atoms with Gasteiger partial charge in [0.1, 0.15) is 0 Å². The van der Waals surface area contributed by atoms with Gasteiger partial charge in [0.2, 0.25) is 0 Å². The Hall–Kier alpha value is -1.75. The summed E-state index contributed by atoms with van der Waals surface area (Å²) in [7, 11) is 0. The fourth-order valence-electron chi connectivity index (χ4n) is 2.28. The Morgan fingerprint density at radius 3 is 2.62 bits per heavy atom. The first-order valence-electron chi connectivity index (χ1n) is 7.00. The minimum absolute atomic E-state index is 0.0286. The van der Waals surface area contributed by atoms with E-state index in [0.29, 0.717) is 0 Å². The SMILES string of the molecule is CCc1cnc(SCC(=O)O)n1C(C)c1ccc(C)cc1. The van der Waals surface area contributed by atoms with Crippen LogP contribution in [0.4, 0.5) is 0 Å². The smallest absolute Gasteiger partial charge is 0.313 e. The second-order valence-corrected chi connectivity index (χ2v) is 5.97. The Labute approximate surface area is 129 Å². The first kappa shape index (κ1) is 15.6. The highest BCUT2D eigenvalue weighted by molar-refractivity contribution is 7.99. The number of hydrogen-bond acceptors (Lipinski definition) is 3. The van der Waals surface area contributed by atoms with Crippen molar-refractivity contribution in [1.29, 1.82) is 0 Å². The summed E-state index contributed by atoms with van der Waals surface area (Å²) in [4.78, 5) is 15.2. The van der Waals surface area contributed by atoms with Crippen LogP contribution in [0.3, 0.4) is 0 Å². The van der Waals surface area contributed by atoms with Gasteiger partial charge in [-0.2, -0.15) is 0 Å². The fraction of sp³-hybridized carbons (Fsp3) is 0.375. The molecule has 0 amide bonds. The van der Waals surface area contributed by atoms with E-state index in [1.807, 2.05) is 6.20 Å². The van der Waals surface area contributed by atoms with Crippen LogP contribution < -0.4 is 0 Å². The monoisotopic (exact) mass is 304 g/mol. The highest BCUT2D eigenvalue weighted by Gasteiger charge is 2.17. The number of aryl methyl sites for hydroxylation is 2. The molecule has 1 N–H and O–H groups in total. The second-order valence-electron chi connectivity index (χ2n) is 5.02. The van der Waals surface area contributed by atoms with Crippen molar-refractivity contribution >= 4 is 17.7 Å². The number of hydrogen-bond donors (Lipinski definition) is 1. The summed E-state index contributed by atoms with van der Waals surface area (Å²) in [5.74, 6) is -0.795. The van der Waals surface area contributed by atoms with Gasteiger partial charge in [0.05, 0.1) is 11.8 Å². The van der Waals surface area contributed by atoms with E-state index >= 15 is 0 Å². The van der Waals surface area contributed by atoms with Crippen molar-refractivity contribution in [3.63, 3.8) is 0 Å². The quantitative estimate of drug-likeness (QED) is 0.829. The van der Waals surface area contributed by atoms with Gasteiger partial charge < -0.3 is 9.67 Å². The van der Waals surface area contributed by atoms with Crippen LogP contribution in [0.15, 0.2) is 35.6 Å². The molecule has 0 fully saturated rings. The van der Waals surface area contributed by atoms with Crippen molar-refractivity contribution in [2.24, 2.45) is 0 Å². The van der Waals surface area contributed by atoms with Crippen molar-refractivity contribution in [2.75, 3.05) is 5.75 Å². The molecule has 5 heteroatoms. The van der Waals surface area contributed by atoms with Crippen LogP contribution in [-0.2, 0) is 11.2 Å². The summed E-state index contributed by atoms with van der Waals surface area (Å²) in [5, 5.41) is 9.62. The number of thioether (sulfide) groups is 1. The number of rotatable bonds is 6. The van der Waals surface area contributed by atoms with Crippen molar-refractivity contribution < 1.29 is 9.90 Å². The maximum Gasteiger partial charge on any atom is 0.313 e.